The van der Waals surface area contributed by atoms with Crippen LogP contribution in [0.15, 0.2) is 18.2 Å². The summed E-state index contributed by atoms with van der Waals surface area (Å²) in [6, 6.07) is 5.68. The summed E-state index contributed by atoms with van der Waals surface area (Å²) >= 11 is 0. The molecule has 0 aromatic heterocycles. The van der Waals surface area contributed by atoms with E-state index in [2.05, 4.69) is 17.1 Å². The standard InChI is InChI=1S/C15H23FN2/c1-12-6-9-18(10-7-12)15-4-3-13(5-8-17-2)11-14(15)16/h3-4,11-12,17H,5-10H2,1-2H3. The molecule has 1 aliphatic rings. The van der Waals surface area contributed by atoms with Crippen molar-refractivity contribution in [3.8, 4) is 0 Å². The van der Waals surface area contributed by atoms with Crippen LogP contribution < -0.4 is 10.2 Å². The van der Waals surface area contributed by atoms with Crippen molar-refractivity contribution in [2.75, 3.05) is 31.6 Å². The van der Waals surface area contributed by atoms with Crippen molar-refractivity contribution >= 4 is 5.69 Å². The van der Waals surface area contributed by atoms with Crippen molar-refractivity contribution in [3.63, 3.8) is 0 Å². The molecule has 1 fully saturated rings. The molecule has 0 radical (unpaired) electrons. The number of anilines is 1. The SMILES string of the molecule is CNCCc1ccc(N2CCC(C)CC2)c(F)c1. The summed E-state index contributed by atoms with van der Waals surface area (Å²) in [7, 11) is 1.92. The third kappa shape index (κ3) is 3.22. The highest BCUT2D eigenvalue weighted by molar-refractivity contribution is 5.49. The van der Waals surface area contributed by atoms with Crippen molar-refractivity contribution in [1.82, 2.24) is 5.32 Å². The molecule has 2 nitrogen and oxygen atoms in total. The third-order valence-electron chi connectivity index (χ3n) is 3.80. The van der Waals surface area contributed by atoms with E-state index in [-0.39, 0.29) is 5.82 Å². The van der Waals surface area contributed by atoms with E-state index in [1.807, 2.05) is 19.2 Å². The Labute approximate surface area is 109 Å². The summed E-state index contributed by atoms with van der Waals surface area (Å²) in [6.07, 6.45) is 3.21. The van der Waals surface area contributed by atoms with Crippen molar-refractivity contribution < 1.29 is 4.39 Å². The topological polar surface area (TPSA) is 15.3 Å². The summed E-state index contributed by atoms with van der Waals surface area (Å²) in [5, 5.41) is 3.09. The zero-order valence-corrected chi connectivity index (χ0v) is 11.4. The van der Waals surface area contributed by atoms with Crippen LogP contribution in [0.4, 0.5) is 10.1 Å². The maximum Gasteiger partial charge on any atom is 0.146 e. The monoisotopic (exact) mass is 250 g/mol. The Kier molecular flexibility index (Phi) is 4.59. The molecule has 1 aromatic carbocycles. The molecule has 0 aliphatic carbocycles. The van der Waals surface area contributed by atoms with E-state index >= 15 is 0 Å². The lowest BCUT2D eigenvalue weighted by Gasteiger charge is -2.32. The Morgan fingerprint density at radius 2 is 2.06 bits per heavy atom. The molecule has 0 saturated carbocycles. The van der Waals surface area contributed by atoms with Gasteiger partial charge in [0.15, 0.2) is 0 Å². The minimum atomic E-state index is -0.0712. The quantitative estimate of drug-likeness (QED) is 0.884. The van der Waals surface area contributed by atoms with E-state index in [0.29, 0.717) is 0 Å². The Balaban J connectivity index is 2.05. The fraction of sp³-hybridized carbons (Fsp3) is 0.600. The molecule has 18 heavy (non-hydrogen) atoms. The smallest absolute Gasteiger partial charge is 0.146 e. The molecule has 1 saturated heterocycles. The summed E-state index contributed by atoms with van der Waals surface area (Å²) in [4.78, 5) is 2.18. The van der Waals surface area contributed by atoms with Crippen LogP contribution in [0.2, 0.25) is 0 Å². The van der Waals surface area contributed by atoms with Crippen molar-refractivity contribution in [2.24, 2.45) is 5.92 Å². The minimum absolute atomic E-state index is 0.0712. The van der Waals surface area contributed by atoms with Crippen LogP contribution >= 0.6 is 0 Å². The summed E-state index contributed by atoms with van der Waals surface area (Å²) in [5.41, 5.74) is 1.84. The fourth-order valence-electron chi connectivity index (χ4n) is 2.48. The van der Waals surface area contributed by atoms with Gasteiger partial charge < -0.3 is 10.2 Å². The van der Waals surface area contributed by atoms with Crippen LogP contribution in [-0.4, -0.2) is 26.7 Å². The Bertz CT molecular complexity index is 384. The second kappa shape index (κ2) is 6.19. The van der Waals surface area contributed by atoms with Crippen molar-refractivity contribution in [3.05, 3.63) is 29.6 Å². The number of benzene rings is 1. The molecule has 0 unspecified atom stereocenters. The first kappa shape index (κ1) is 13.3. The first-order chi connectivity index (χ1) is 8.70. The largest absolute Gasteiger partial charge is 0.369 e. The average molecular weight is 250 g/mol. The molecule has 1 aromatic rings. The highest BCUT2D eigenvalue weighted by Gasteiger charge is 2.18. The lowest BCUT2D eigenvalue weighted by Crippen LogP contribution is -2.33. The highest BCUT2D eigenvalue weighted by Crippen LogP contribution is 2.26. The van der Waals surface area contributed by atoms with Gasteiger partial charge in [-0.15, -0.1) is 0 Å². The van der Waals surface area contributed by atoms with E-state index in [0.717, 1.165) is 43.2 Å². The van der Waals surface area contributed by atoms with Crippen LogP contribution in [0.5, 0.6) is 0 Å². The summed E-state index contributed by atoms with van der Waals surface area (Å²) in [6.45, 7) is 5.12. The number of hydrogen-bond donors (Lipinski definition) is 1. The van der Waals surface area contributed by atoms with Crippen LogP contribution in [0.3, 0.4) is 0 Å². The molecular formula is C15H23FN2. The third-order valence-corrected chi connectivity index (χ3v) is 3.80. The van der Waals surface area contributed by atoms with Gasteiger partial charge in [-0.05, 0) is 56.5 Å². The van der Waals surface area contributed by atoms with Gasteiger partial charge in [0.25, 0.3) is 0 Å². The molecule has 3 heteroatoms. The number of hydrogen-bond acceptors (Lipinski definition) is 2. The Morgan fingerprint density at radius 1 is 1.33 bits per heavy atom. The van der Waals surface area contributed by atoms with Crippen molar-refractivity contribution in [1.29, 1.82) is 0 Å². The van der Waals surface area contributed by atoms with Gasteiger partial charge in [-0.1, -0.05) is 13.0 Å². The first-order valence-corrected chi connectivity index (χ1v) is 6.88. The predicted molar refractivity (Wildman–Crippen MR) is 74.6 cm³/mol. The minimum Gasteiger partial charge on any atom is -0.369 e. The lowest BCUT2D eigenvalue weighted by molar-refractivity contribution is 0.434. The average Bonchev–Trinajstić information content (AvgIpc) is 2.38. The normalized spacial score (nSPS) is 17.2. The number of halogens is 1. The lowest BCUT2D eigenvalue weighted by atomic mass is 9.98. The number of piperidine rings is 1. The zero-order chi connectivity index (χ0) is 13.0. The van der Waals surface area contributed by atoms with Crippen LogP contribution in [0, 0.1) is 11.7 Å². The summed E-state index contributed by atoms with van der Waals surface area (Å²) < 4.78 is 14.1. The Hall–Kier alpha value is -1.09. The molecule has 0 amide bonds. The molecule has 0 atom stereocenters. The van der Waals surface area contributed by atoms with E-state index in [4.69, 9.17) is 0 Å². The maximum atomic E-state index is 14.1. The van der Waals surface area contributed by atoms with Gasteiger partial charge in [0.2, 0.25) is 0 Å². The second-order valence-corrected chi connectivity index (χ2v) is 5.31. The van der Waals surface area contributed by atoms with Gasteiger partial charge in [0.1, 0.15) is 5.82 Å². The highest BCUT2D eigenvalue weighted by atomic mass is 19.1. The van der Waals surface area contributed by atoms with Crippen LogP contribution in [0.25, 0.3) is 0 Å². The first-order valence-electron chi connectivity index (χ1n) is 6.88. The van der Waals surface area contributed by atoms with Gasteiger partial charge in [-0.25, -0.2) is 4.39 Å². The number of nitrogens with one attached hydrogen (secondary N) is 1. The van der Waals surface area contributed by atoms with E-state index in [9.17, 15) is 4.39 Å². The fourth-order valence-corrected chi connectivity index (χ4v) is 2.48. The Morgan fingerprint density at radius 3 is 2.67 bits per heavy atom. The van der Waals surface area contributed by atoms with E-state index in [1.54, 1.807) is 6.07 Å². The van der Waals surface area contributed by atoms with Gasteiger partial charge in [-0.2, -0.15) is 0 Å². The summed E-state index contributed by atoms with van der Waals surface area (Å²) in [5.74, 6) is 0.706. The molecule has 1 N–H and O–H groups in total. The van der Waals surface area contributed by atoms with Gasteiger partial charge >= 0.3 is 0 Å². The zero-order valence-electron chi connectivity index (χ0n) is 11.4. The van der Waals surface area contributed by atoms with Crippen LogP contribution in [0.1, 0.15) is 25.3 Å². The van der Waals surface area contributed by atoms with Gasteiger partial charge in [0.05, 0.1) is 5.69 Å². The second-order valence-electron chi connectivity index (χ2n) is 5.31. The maximum absolute atomic E-state index is 14.1. The molecule has 100 valence electrons. The van der Waals surface area contributed by atoms with Crippen molar-refractivity contribution in [2.45, 2.75) is 26.2 Å². The van der Waals surface area contributed by atoms with Gasteiger partial charge in [-0.3, -0.25) is 0 Å². The predicted octanol–water partition coefficient (Wildman–Crippen LogP) is 2.82. The van der Waals surface area contributed by atoms with E-state index in [1.165, 1.54) is 12.8 Å². The number of nitrogens with zero attached hydrogens (tertiary/aromatic N) is 1. The van der Waals surface area contributed by atoms with Crippen LogP contribution in [-0.2, 0) is 6.42 Å². The van der Waals surface area contributed by atoms with Gasteiger partial charge in [0, 0.05) is 13.1 Å². The number of rotatable bonds is 4. The number of likely N-dealkylation sites (N-methyl/N-ethyl adjacent to an activating group) is 1. The molecule has 2 rings (SSSR count). The molecule has 0 bridgehead atoms. The van der Waals surface area contributed by atoms with E-state index < -0.39 is 0 Å². The molecule has 0 spiro atoms. The molecule has 1 heterocycles. The molecule has 1 aliphatic heterocycles. The molecular weight excluding hydrogens is 227 g/mol.